The highest BCUT2D eigenvalue weighted by Crippen LogP contribution is 2.36. The molecule has 7 heteroatoms. The van der Waals surface area contributed by atoms with Crippen molar-refractivity contribution in [1.29, 1.82) is 0 Å². The number of hydrogen-bond donors (Lipinski definition) is 3. The summed E-state index contributed by atoms with van der Waals surface area (Å²) in [5.74, 6) is 12.5. The molecule has 0 unspecified atom stereocenters. The lowest BCUT2D eigenvalue weighted by molar-refractivity contribution is 0.471. The van der Waals surface area contributed by atoms with Crippen molar-refractivity contribution in [1.82, 2.24) is 10.4 Å². The number of hydrazine groups is 1. The van der Waals surface area contributed by atoms with Gasteiger partial charge in [0.1, 0.15) is 5.75 Å². The molecule has 0 aliphatic carbocycles. The van der Waals surface area contributed by atoms with Crippen LogP contribution in [0.5, 0.6) is 11.6 Å². The van der Waals surface area contributed by atoms with Crippen LogP contribution in [0.1, 0.15) is 5.56 Å². The van der Waals surface area contributed by atoms with Gasteiger partial charge in [0.15, 0.2) is 5.84 Å². The van der Waals surface area contributed by atoms with Crippen LogP contribution in [0.4, 0.5) is 0 Å². The Kier molecular flexibility index (Phi) is 3.93. The summed E-state index contributed by atoms with van der Waals surface area (Å²) in [5, 5.41) is 7.71. The summed E-state index contributed by atoms with van der Waals surface area (Å²) in [5.41, 5.74) is 4.03. The third kappa shape index (κ3) is 2.75. The minimum absolute atomic E-state index is 0.389. The molecule has 0 saturated carbocycles. The van der Waals surface area contributed by atoms with E-state index in [1.165, 1.54) is 0 Å². The zero-order chi connectivity index (χ0) is 17.2. The maximum atomic E-state index is 6.01. The first-order valence-electron chi connectivity index (χ1n) is 7.59. The molecule has 2 aromatic carbocycles. The zero-order valence-corrected chi connectivity index (χ0v) is 14.0. The number of benzene rings is 2. The molecule has 2 aromatic heterocycles. The van der Waals surface area contributed by atoms with Crippen molar-refractivity contribution in [2.24, 2.45) is 16.8 Å². The van der Waals surface area contributed by atoms with Crippen LogP contribution in [0.15, 0.2) is 65.1 Å². The van der Waals surface area contributed by atoms with Crippen LogP contribution in [0, 0.1) is 0 Å². The second-order valence-electron chi connectivity index (χ2n) is 5.35. The fraction of sp³-hybridized carbons (Fsp3) is 0. The van der Waals surface area contributed by atoms with Gasteiger partial charge in [0.25, 0.3) is 0 Å². The second-order valence-corrected chi connectivity index (χ2v) is 6.27. The highest BCUT2D eigenvalue weighted by atomic mass is 32.1. The largest absolute Gasteiger partial charge is 0.438 e. The lowest BCUT2D eigenvalue weighted by atomic mass is 10.1. The van der Waals surface area contributed by atoms with E-state index < -0.39 is 0 Å². The molecule has 0 saturated heterocycles. The van der Waals surface area contributed by atoms with E-state index in [1.54, 1.807) is 11.3 Å². The smallest absolute Gasteiger partial charge is 0.228 e. The minimum Gasteiger partial charge on any atom is -0.438 e. The molecule has 4 rings (SSSR count). The van der Waals surface area contributed by atoms with E-state index in [2.05, 4.69) is 10.5 Å². The monoisotopic (exact) mass is 349 g/mol. The highest BCUT2D eigenvalue weighted by Gasteiger charge is 2.13. The van der Waals surface area contributed by atoms with E-state index in [0.29, 0.717) is 11.7 Å². The SMILES string of the molecule is N/N=C(\NN)c1ccc2c(c1)nc(Oc1ccccc1)c1ccsc12. The van der Waals surface area contributed by atoms with Crippen molar-refractivity contribution < 1.29 is 4.74 Å². The first-order valence-corrected chi connectivity index (χ1v) is 8.47. The number of hydrazone groups is 1. The number of para-hydroxylation sites is 1. The van der Waals surface area contributed by atoms with Crippen LogP contribution < -0.4 is 21.8 Å². The van der Waals surface area contributed by atoms with Gasteiger partial charge in [-0.25, -0.2) is 10.8 Å². The fourth-order valence-corrected chi connectivity index (χ4v) is 3.61. The number of pyridine rings is 1. The number of hydrogen-bond acceptors (Lipinski definition) is 6. The minimum atomic E-state index is 0.389. The van der Waals surface area contributed by atoms with E-state index in [1.807, 2.05) is 60.0 Å². The molecule has 0 radical (unpaired) electrons. The zero-order valence-electron chi connectivity index (χ0n) is 13.1. The summed E-state index contributed by atoms with van der Waals surface area (Å²) in [4.78, 5) is 4.70. The predicted molar refractivity (Wildman–Crippen MR) is 102 cm³/mol. The normalized spacial score (nSPS) is 11.8. The molecular weight excluding hydrogens is 334 g/mol. The topological polar surface area (TPSA) is 98.5 Å². The van der Waals surface area contributed by atoms with E-state index in [0.717, 1.165) is 32.3 Å². The molecule has 0 bridgehead atoms. The number of amidine groups is 1. The molecule has 0 fully saturated rings. The molecule has 0 aliphatic rings. The molecule has 2 heterocycles. The number of ether oxygens (including phenoxy) is 1. The van der Waals surface area contributed by atoms with E-state index in [9.17, 15) is 0 Å². The van der Waals surface area contributed by atoms with Crippen molar-refractivity contribution in [3.05, 3.63) is 65.5 Å². The van der Waals surface area contributed by atoms with Gasteiger partial charge in [-0.15, -0.1) is 11.3 Å². The number of nitrogens with zero attached hydrogens (tertiary/aromatic N) is 2. The van der Waals surface area contributed by atoms with Crippen LogP contribution in [-0.2, 0) is 0 Å². The molecule has 5 N–H and O–H groups in total. The van der Waals surface area contributed by atoms with Crippen molar-refractivity contribution in [2.45, 2.75) is 0 Å². The summed E-state index contributed by atoms with van der Waals surface area (Å²) in [6.45, 7) is 0. The van der Waals surface area contributed by atoms with Gasteiger partial charge in [0, 0.05) is 15.6 Å². The maximum absolute atomic E-state index is 6.01. The number of fused-ring (bicyclic) bond motifs is 3. The van der Waals surface area contributed by atoms with Crippen molar-refractivity contribution in [3.63, 3.8) is 0 Å². The van der Waals surface area contributed by atoms with Gasteiger partial charge < -0.3 is 16.0 Å². The average Bonchev–Trinajstić information content (AvgIpc) is 3.14. The number of aromatic nitrogens is 1. The first kappa shape index (κ1) is 15.4. The lowest BCUT2D eigenvalue weighted by Gasteiger charge is -2.10. The molecule has 0 amide bonds. The van der Waals surface area contributed by atoms with Crippen LogP contribution >= 0.6 is 11.3 Å². The average molecular weight is 349 g/mol. The molecular formula is C18H15N5OS. The summed E-state index contributed by atoms with van der Waals surface area (Å²) in [7, 11) is 0. The molecule has 4 aromatic rings. The van der Waals surface area contributed by atoms with E-state index in [4.69, 9.17) is 21.4 Å². The Morgan fingerprint density at radius 3 is 2.68 bits per heavy atom. The predicted octanol–water partition coefficient (Wildman–Crippen LogP) is 3.33. The van der Waals surface area contributed by atoms with Gasteiger partial charge >= 0.3 is 0 Å². The third-order valence-electron chi connectivity index (χ3n) is 3.86. The van der Waals surface area contributed by atoms with Crippen molar-refractivity contribution >= 4 is 38.2 Å². The van der Waals surface area contributed by atoms with Gasteiger partial charge in [0.05, 0.1) is 10.9 Å². The summed E-state index contributed by atoms with van der Waals surface area (Å²) >= 11 is 1.65. The van der Waals surface area contributed by atoms with Gasteiger partial charge in [-0.1, -0.05) is 30.3 Å². The molecule has 25 heavy (non-hydrogen) atoms. The van der Waals surface area contributed by atoms with E-state index >= 15 is 0 Å². The second kappa shape index (κ2) is 6.39. The van der Waals surface area contributed by atoms with Crippen molar-refractivity contribution in [2.75, 3.05) is 0 Å². The van der Waals surface area contributed by atoms with Gasteiger partial charge in [-0.2, -0.15) is 5.10 Å². The Balaban J connectivity index is 1.90. The van der Waals surface area contributed by atoms with Gasteiger partial charge in [-0.3, -0.25) is 0 Å². The molecule has 124 valence electrons. The van der Waals surface area contributed by atoms with Crippen LogP contribution in [-0.4, -0.2) is 10.8 Å². The summed E-state index contributed by atoms with van der Waals surface area (Å²) < 4.78 is 7.13. The number of thiophene rings is 1. The summed E-state index contributed by atoms with van der Waals surface area (Å²) in [6, 6.07) is 17.4. The third-order valence-corrected chi connectivity index (χ3v) is 4.80. The van der Waals surface area contributed by atoms with Gasteiger partial charge in [0.2, 0.25) is 5.88 Å². The number of nitrogens with one attached hydrogen (secondary N) is 1. The molecule has 0 aliphatic heterocycles. The Hall–Kier alpha value is -3.16. The number of rotatable bonds is 3. The van der Waals surface area contributed by atoms with Crippen LogP contribution in [0.2, 0.25) is 0 Å². The molecule has 0 spiro atoms. The highest BCUT2D eigenvalue weighted by molar-refractivity contribution is 7.18. The quantitative estimate of drug-likeness (QED) is 0.228. The standard InChI is InChI=1S/C18H15N5OS/c19-22-17(23-20)11-6-7-13-15(10-11)21-18(14-8-9-25-16(13)14)24-12-4-2-1-3-5-12/h1-10H,19-20H2,(H,22,23). The number of nitrogens with two attached hydrogens (primary N) is 2. The lowest BCUT2D eigenvalue weighted by Crippen LogP contribution is -2.32. The Morgan fingerprint density at radius 1 is 1.08 bits per heavy atom. The first-order chi connectivity index (χ1) is 12.3. The van der Waals surface area contributed by atoms with Crippen LogP contribution in [0.25, 0.3) is 21.0 Å². The van der Waals surface area contributed by atoms with Crippen LogP contribution in [0.3, 0.4) is 0 Å². The molecule has 0 atom stereocenters. The van der Waals surface area contributed by atoms with Crippen molar-refractivity contribution in [3.8, 4) is 11.6 Å². The van der Waals surface area contributed by atoms with E-state index in [-0.39, 0.29) is 0 Å². The fourth-order valence-electron chi connectivity index (χ4n) is 2.69. The van der Waals surface area contributed by atoms with Gasteiger partial charge in [-0.05, 0) is 29.6 Å². The Bertz CT molecular complexity index is 1070. The Morgan fingerprint density at radius 2 is 1.92 bits per heavy atom. The summed E-state index contributed by atoms with van der Waals surface area (Å²) in [6.07, 6.45) is 0. The Labute approximate surface area is 147 Å². The maximum Gasteiger partial charge on any atom is 0.228 e. The molecule has 6 nitrogen and oxygen atoms in total.